The van der Waals surface area contributed by atoms with Crippen molar-refractivity contribution in [1.29, 1.82) is 0 Å². The van der Waals surface area contributed by atoms with E-state index in [-0.39, 0.29) is 11.6 Å². The smallest absolute Gasteiger partial charge is 0.316 e. The van der Waals surface area contributed by atoms with E-state index < -0.39 is 0 Å². The Hall–Kier alpha value is -1.26. The van der Waals surface area contributed by atoms with Gasteiger partial charge in [-0.2, -0.15) is 0 Å². The molecule has 0 unspecified atom stereocenters. The van der Waals surface area contributed by atoms with E-state index in [2.05, 4.69) is 10.6 Å². The summed E-state index contributed by atoms with van der Waals surface area (Å²) < 4.78 is 0. The van der Waals surface area contributed by atoms with Gasteiger partial charge in [0, 0.05) is 30.3 Å². The quantitative estimate of drug-likeness (QED) is 0.834. The molecular formula is C16H22ClN3O. The second-order valence-electron chi connectivity index (χ2n) is 6.05. The van der Waals surface area contributed by atoms with Gasteiger partial charge < -0.3 is 15.5 Å². The first-order valence-corrected chi connectivity index (χ1v) is 8.12. The number of nitrogens with one attached hydrogen (secondary N) is 2. The van der Waals surface area contributed by atoms with Gasteiger partial charge in [0.25, 0.3) is 0 Å². The van der Waals surface area contributed by atoms with Gasteiger partial charge in [0.2, 0.25) is 0 Å². The number of benzene rings is 1. The molecule has 114 valence electrons. The molecule has 1 spiro atoms. The fourth-order valence-corrected chi connectivity index (χ4v) is 3.77. The molecule has 1 heterocycles. The average Bonchev–Trinajstić information content (AvgIpc) is 2.48. The summed E-state index contributed by atoms with van der Waals surface area (Å²) in [4.78, 5) is 14.7. The number of carbonyl (C=O) groups excluding carboxylic acids is 1. The summed E-state index contributed by atoms with van der Waals surface area (Å²) in [7, 11) is 0. The minimum atomic E-state index is -0.000835. The first-order valence-electron chi connectivity index (χ1n) is 7.75. The molecule has 0 radical (unpaired) electrons. The van der Waals surface area contributed by atoms with Crippen molar-refractivity contribution in [3.05, 3.63) is 29.3 Å². The van der Waals surface area contributed by atoms with Crippen molar-refractivity contribution in [1.82, 2.24) is 10.2 Å². The van der Waals surface area contributed by atoms with Gasteiger partial charge in [0.1, 0.15) is 0 Å². The number of anilines is 1. The van der Waals surface area contributed by atoms with Crippen LogP contribution in [0.15, 0.2) is 24.3 Å². The van der Waals surface area contributed by atoms with Crippen molar-refractivity contribution in [2.24, 2.45) is 0 Å². The Balaban J connectivity index is 1.75. The van der Waals surface area contributed by atoms with Crippen LogP contribution in [0.4, 0.5) is 10.5 Å². The van der Waals surface area contributed by atoms with E-state index in [1.807, 2.05) is 23.1 Å². The fourth-order valence-electron chi connectivity index (χ4n) is 3.58. The van der Waals surface area contributed by atoms with Crippen LogP contribution in [0.1, 0.15) is 32.1 Å². The zero-order valence-corrected chi connectivity index (χ0v) is 13.0. The normalized spacial score (nSPS) is 21.3. The molecule has 1 aromatic rings. The van der Waals surface area contributed by atoms with Crippen LogP contribution >= 0.6 is 11.6 Å². The van der Waals surface area contributed by atoms with Gasteiger partial charge in [0.15, 0.2) is 0 Å². The van der Waals surface area contributed by atoms with E-state index >= 15 is 0 Å². The van der Waals surface area contributed by atoms with E-state index in [9.17, 15) is 4.79 Å². The number of carbonyl (C=O) groups is 1. The fraction of sp³-hybridized carbons (Fsp3) is 0.562. The number of hydrogen-bond acceptors (Lipinski definition) is 2. The number of rotatable bonds is 1. The van der Waals surface area contributed by atoms with Crippen molar-refractivity contribution in [3.8, 4) is 0 Å². The van der Waals surface area contributed by atoms with Crippen molar-refractivity contribution >= 4 is 23.3 Å². The minimum Gasteiger partial charge on any atom is -0.316 e. The van der Waals surface area contributed by atoms with E-state index in [0.717, 1.165) is 38.2 Å². The first-order chi connectivity index (χ1) is 10.2. The summed E-state index contributed by atoms with van der Waals surface area (Å²) in [5.41, 5.74) is 0.760. The summed E-state index contributed by atoms with van der Waals surface area (Å²) in [6, 6.07) is 7.33. The maximum atomic E-state index is 12.7. The Bertz CT molecular complexity index is 506. The number of piperazine rings is 1. The molecule has 0 aromatic heterocycles. The van der Waals surface area contributed by atoms with Crippen LogP contribution in [-0.4, -0.2) is 36.1 Å². The topological polar surface area (TPSA) is 44.4 Å². The third-order valence-corrected chi connectivity index (χ3v) is 4.88. The Morgan fingerprint density at radius 3 is 2.86 bits per heavy atom. The number of amides is 2. The van der Waals surface area contributed by atoms with Crippen molar-refractivity contribution in [2.45, 2.75) is 37.6 Å². The summed E-state index contributed by atoms with van der Waals surface area (Å²) in [6.45, 7) is 2.55. The van der Waals surface area contributed by atoms with Gasteiger partial charge in [-0.25, -0.2) is 4.79 Å². The highest BCUT2D eigenvalue weighted by Gasteiger charge is 2.42. The van der Waals surface area contributed by atoms with Gasteiger partial charge >= 0.3 is 6.03 Å². The second kappa shape index (κ2) is 6.24. The van der Waals surface area contributed by atoms with Crippen LogP contribution in [0.5, 0.6) is 0 Å². The van der Waals surface area contributed by atoms with Gasteiger partial charge in [-0.15, -0.1) is 0 Å². The molecular weight excluding hydrogens is 286 g/mol. The zero-order chi connectivity index (χ0) is 14.7. The van der Waals surface area contributed by atoms with Gasteiger partial charge in [0.05, 0.1) is 5.54 Å². The number of nitrogens with zero attached hydrogens (tertiary/aromatic N) is 1. The Morgan fingerprint density at radius 1 is 1.29 bits per heavy atom. The SMILES string of the molecule is O=C(Nc1cccc(Cl)c1)N1CCNCC12CCCCC2. The number of hydrogen-bond donors (Lipinski definition) is 2. The Morgan fingerprint density at radius 2 is 2.10 bits per heavy atom. The maximum Gasteiger partial charge on any atom is 0.322 e. The van der Waals surface area contributed by atoms with Crippen LogP contribution in [0.2, 0.25) is 5.02 Å². The van der Waals surface area contributed by atoms with Crippen LogP contribution in [0.3, 0.4) is 0 Å². The van der Waals surface area contributed by atoms with Gasteiger partial charge in [-0.3, -0.25) is 0 Å². The highest BCUT2D eigenvalue weighted by molar-refractivity contribution is 6.30. The van der Waals surface area contributed by atoms with E-state index in [1.165, 1.54) is 19.3 Å². The van der Waals surface area contributed by atoms with Crippen LogP contribution in [0.25, 0.3) is 0 Å². The molecule has 1 aliphatic heterocycles. The zero-order valence-electron chi connectivity index (χ0n) is 12.2. The molecule has 0 atom stereocenters. The largest absolute Gasteiger partial charge is 0.322 e. The molecule has 0 bridgehead atoms. The summed E-state index contributed by atoms with van der Waals surface area (Å²) in [6.07, 6.45) is 5.91. The molecule has 2 amide bonds. The molecule has 5 heteroatoms. The molecule has 1 saturated heterocycles. The lowest BCUT2D eigenvalue weighted by Gasteiger charge is -2.49. The lowest BCUT2D eigenvalue weighted by Crippen LogP contribution is -2.64. The maximum absolute atomic E-state index is 12.7. The highest BCUT2D eigenvalue weighted by Crippen LogP contribution is 2.35. The third-order valence-electron chi connectivity index (χ3n) is 4.64. The Kier molecular flexibility index (Phi) is 4.36. The molecule has 1 aliphatic carbocycles. The average molecular weight is 308 g/mol. The molecule has 4 nitrogen and oxygen atoms in total. The molecule has 1 saturated carbocycles. The van der Waals surface area contributed by atoms with Gasteiger partial charge in [-0.1, -0.05) is 36.9 Å². The van der Waals surface area contributed by atoms with Crippen molar-refractivity contribution < 1.29 is 4.79 Å². The van der Waals surface area contributed by atoms with Crippen molar-refractivity contribution in [2.75, 3.05) is 25.0 Å². The number of halogens is 1. The summed E-state index contributed by atoms with van der Waals surface area (Å²) >= 11 is 5.98. The lowest BCUT2D eigenvalue weighted by molar-refractivity contribution is 0.0634. The molecule has 2 N–H and O–H groups in total. The summed E-state index contributed by atoms with van der Waals surface area (Å²) in [5, 5.41) is 7.10. The molecule has 2 aliphatic rings. The molecule has 1 aromatic carbocycles. The monoisotopic (exact) mass is 307 g/mol. The van der Waals surface area contributed by atoms with Crippen molar-refractivity contribution in [3.63, 3.8) is 0 Å². The lowest BCUT2D eigenvalue weighted by atomic mass is 9.79. The Labute approximate surface area is 130 Å². The van der Waals surface area contributed by atoms with E-state index in [1.54, 1.807) is 6.07 Å². The van der Waals surface area contributed by atoms with Crippen LogP contribution < -0.4 is 10.6 Å². The molecule has 3 rings (SSSR count). The van der Waals surface area contributed by atoms with Gasteiger partial charge in [-0.05, 0) is 31.0 Å². The third kappa shape index (κ3) is 3.16. The predicted molar refractivity (Wildman–Crippen MR) is 85.9 cm³/mol. The van der Waals surface area contributed by atoms with E-state index in [0.29, 0.717) is 5.02 Å². The number of urea groups is 1. The van der Waals surface area contributed by atoms with E-state index in [4.69, 9.17) is 11.6 Å². The standard InChI is InChI=1S/C16H22ClN3O/c17-13-5-4-6-14(11-13)19-15(21)20-10-9-18-12-16(20)7-2-1-3-8-16/h4-6,11,18H,1-3,7-10,12H2,(H,19,21). The minimum absolute atomic E-state index is 0.000617. The second-order valence-corrected chi connectivity index (χ2v) is 6.49. The summed E-state index contributed by atoms with van der Waals surface area (Å²) in [5.74, 6) is 0. The van der Waals surface area contributed by atoms with Crippen LogP contribution in [0, 0.1) is 0 Å². The molecule has 2 fully saturated rings. The van der Waals surface area contributed by atoms with Crippen LogP contribution in [-0.2, 0) is 0 Å². The highest BCUT2D eigenvalue weighted by atomic mass is 35.5. The first kappa shape index (κ1) is 14.7. The molecule has 21 heavy (non-hydrogen) atoms. The predicted octanol–water partition coefficient (Wildman–Crippen LogP) is 3.48.